The first-order chi connectivity index (χ1) is 11.7. The lowest BCUT2D eigenvalue weighted by Crippen LogP contribution is -2.16. The molecule has 1 saturated heterocycles. The highest BCUT2D eigenvalue weighted by molar-refractivity contribution is 5.94. The second-order valence-electron chi connectivity index (χ2n) is 5.94. The number of ether oxygens (including phenoxy) is 2. The summed E-state index contributed by atoms with van der Waals surface area (Å²) in [5.74, 6) is 0.995. The van der Waals surface area contributed by atoms with Crippen LogP contribution in [-0.2, 0) is 11.3 Å². The van der Waals surface area contributed by atoms with Crippen molar-refractivity contribution in [2.24, 2.45) is 5.92 Å². The summed E-state index contributed by atoms with van der Waals surface area (Å²) in [6, 6.07) is 7.44. The Balaban J connectivity index is 1.48. The second kappa shape index (κ2) is 8.06. The molecule has 6 heteroatoms. The fourth-order valence-corrected chi connectivity index (χ4v) is 2.72. The minimum absolute atomic E-state index is 0.0257. The molecule has 1 aliphatic heterocycles. The first-order valence-electron chi connectivity index (χ1n) is 8.15. The molecule has 0 spiro atoms. The monoisotopic (exact) mass is 333 g/mol. The first-order valence-corrected chi connectivity index (χ1v) is 8.15. The molecule has 1 aliphatic rings. The molecular formula is C18H20FNO4. The number of carbonyl (C=O) groups is 1. The van der Waals surface area contributed by atoms with Crippen LogP contribution < -0.4 is 4.74 Å². The standard InChI is InChI=1S/C18H20FNO4/c19-14-2-1-3-15(10-14)23-12-16-11-17(20-24-16)18(21)5-4-13-6-8-22-9-7-13/h1-3,10-11,13H,4-9,12H2. The van der Waals surface area contributed by atoms with Gasteiger partial charge < -0.3 is 14.0 Å². The van der Waals surface area contributed by atoms with Crippen LogP contribution in [0.5, 0.6) is 5.75 Å². The van der Waals surface area contributed by atoms with E-state index in [9.17, 15) is 9.18 Å². The van der Waals surface area contributed by atoms with Crippen LogP contribution >= 0.6 is 0 Å². The van der Waals surface area contributed by atoms with E-state index in [-0.39, 0.29) is 18.2 Å². The minimum Gasteiger partial charge on any atom is -0.485 e. The minimum atomic E-state index is -0.367. The van der Waals surface area contributed by atoms with Crippen molar-refractivity contribution in [1.82, 2.24) is 5.16 Å². The number of benzene rings is 1. The van der Waals surface area contributed by atoms with E-state index >= 15 is 0 Å². The summed E-state index contributed by atoms with van der Waals surface area (Å²) in [6.07, 6.45) is 3.34. The van der Waals surface area contributed by atoms with Crippen molar-refractivity contribution >= 4 is 5.78 Å². The van der Waals surface area contributed by atoms with Gasteiger partial charge in [-0.2, -0.15) is 0 Å². The van der Waals surface area contributed by atoms with Crippen molar-refractivity contribution in [2.45, 2.75) is 32.3 Å². The highest BCUT2D eigenvalue weighted by Crippen LogP contribution is 2.21. The van der Waals surface area contributed by atoms with Gasteiger partial charge in [-0.1, -0.05) is 11.2 Å². The fraction of sp³-hybridized carbons (Fsp3) is 0.444. The average molecular weight is 333 g/mol. The van der Waals surface area contributed by atoms with Gasteiger partial charge in [0.05, 0.1) is 0 Å². The van der Waals surface area contributed by atoms with E-state index in [1.165, 1.54) is 12.1 Å². The Bertz CT molecular complexity index is 679. The van der Waals surface area contributed by atoms with Gasteiger partial charge in [0.25, 0.3) is 0 Å². The van der Waals surface area contributed by atoms with Crippen LogP contribution in [0, 0.1) is 11.7 Å². The van der Waals surface area contributed by atoms with E-state index in [1.807, 2.05) is 0 Å². The number of Topliss-reactive ketones (excluding diaryl/α,β-unsaturated/α-hetero) is 1. The maximum atomic E-state index is 13.1. The van der Waals surface area contributed by atoms with Crippen LogP contribution in [0.1, 0.15) is 41.9 Å². The van der Waals surface area contributed by atoms with E-state index in [2.05, 4.69) is 5.16 Å². The molecule has 0 N–H and O–H groups in total. The molecule has 2 heterocycles. The Morgan fingerprint density at radius 2 is 2.12 bits per heavy atom. The number of rotatable bonds is 7. The second-order valence-corrected chi connectivity index (χ2v) is 5.94. The largest absolute Gasteiger partial charge is 0.485 e. The normalized spacial score (nSPS) is 15.4. The predicted octanol–water partition coefficient (Wildman–Crippen LogP) is 3.78. The highest BCUT2D eigenvalue weighted by Gasteiger charge is 2.18. The third-order valence-corrected chi connectivity index (χ3v) is 4.14. The lowest BCUT2D eigenvalue weighted by Gasteiger charge is -2.21. The summed E-state index contributed by atoms with van der Waals surface area (Å²) in [4.78, 5) is 12.2. The number of halogens is 1. The van der Waals surface area contributed by atoms with E-state index in [4.69, 9.17) is 14.0 Å². The van der Waals surface area contributed by atoms with Crippen molar-refractivity contribution in [3.63, 3.8) is 0 Å². The Morgan fingerprint density at radius 1 is 1.29 bits per heavy atom. The molecule has 2 aromatic rings. The SMILES string of the molecule is O=C(CCC1CCOCC1)c1cc(COc2cccc(F)c2)on1. The van der Waals surface area contributed by atoms with E-state index < -0.39 is 0 Å². The Morgan fingerprint density at radius 3 is 2.92 bits per heavy atom. The molecule has 1 aromatic heterocycles. The van der Waals surface area contributed by atoms with E-state index in [0.717, 1.165) is 32.5 Å². The Kier molecular flexibility index (Phi) is 5.59. The summed E-state index contributed by atoms with van der Waals surface area (Å²) in [6.45, 7) is 1.67. The van der Waals surface area contributed by atoms with Crippen LogP contribution in [0.3, 0.4) is 0 Å². The quantitative estimate of drug-likeness (QED) is 0.722. The summed E-state index contributed by atoms with van der Waals surface area (Å²) in [7, 11) is 0. The summed E-state index contributed by atoms with van der Waals surface area (Å²) < 4.78 is 28.9. The summed E-state index contributed by atoms with van der Waals surface area (Å²) in [5.41, 5.74) is 0.319. The lowest BCUT2D eigenvalue weighted by atomic mass is 9.93. The van der Waals surface area contributed by atoms with Crippen LogP contribution in [0.2, 0.25) is 0 Å². The van der Waals surface area contributed by atoms with Gasteiger partial charge in [0, 0.05) is 31.8 Å². The van der Waals surface area contributed by atoms with E-state index in [1.54, 1.807) is 18.2 Å². The number of hydrogen-bond donors (Lipinski definition) is 0. The van der Waals surface area contributed by atoms with Crippen molar-refractivity contribution in [2.75, 3.05) is 13.2 Å². The molecule has 0 saturated carbocycles. The van der Waals surface area contributed by atoms with Gasteiger partial charge in [-0.05, 0) is 37.3 Å². The van der Waals surface area contributed by atoms with E-state index in [0.29, 0.717) is 29.5 Å². The molecule has 0 radical (unpaired) electrons. The van der Waals surface area contributed by atoms with Crippen LogP contribution in [0.4, 0.5) is 4.39 Å². The van der Waals surface area contributed by atoms with Gasteiger partial charge in [0.1, 0.15) is 23.9 Å². The van der Waals surface area contributed by atoms with Crippen LogP contribution in [0.15, 0.2) is 34.9 Å². The Hall–Kier alpha value is -2.21. The molecule has 0 unspecified atom stereocenters. The smallest absolute Gasteiger partial charge is 0.184 e. The van der Waals surface area contributed by atoms with Crippen molar-refractivity contribution < 1.29 is 23.2 Å². The Labute approximate surface area is 139 Å². The lowest BCUT2D eigenvalue weighted by molar-refractivity contribution is 0.0618. The average Bonchev–Trinajstić information content (AvgIpc) is 3.08. The van der Waals surface area contributed by atoms with Gasteiger partial charge in [-0.25, -0.2) is 4.39 Å². The first kappa shape index (κ1) is 16.6. The van der Waals surface area contributed by atoms with Gasteiger partial charge in [-0.3, -0.25) is 4.79 Å². The highest BCUT2D eigenvalue weighted by atomic mass is 19.1. The molecule has 24 heavy (non-hydrogen) atoms. The van der Waals surface area contributed by atoms with Gasteiger partial charge >= 0.3 is 0 Å². The number of ketones is 1. The number of nitrogens with zero attached hydrogens (tertiary/aromatic N) is 1. The molecule has 0 aliphatic carbocycles. The maximum absolute atomic E-state index is 13.1. The van der Waals surface area contributed by atoms with Crippen molar-refractivity contribution in [3.05, 3.63) is 47.6 Å². The van der Waals surface area contributed by atoms with Gasteiger partial charge in [0.15, 0.2) is 11.5 Å². The maximum Gasteiger partial charge on any atom is 0.184 e. The molecule has 3 rings (SSSR count). The van der Waals surface area contributed by atoms with Gasteiger partial charge in [-0.15, -0.1) is 0 Å². The zero-order chi connectivity index (χ0) is 16.8. The van der Waals surface area contributed by atoms with Gasteiger partial charge in [0.2, 0.25) is 0 Å². The molecule has 1 aromatic carbocycles. The molecular weight excluding hydrogens is 313 g/mol. The third-order valence-electron chi connectivity index (χ3n) is 4.14. The van der Waals surface area contributed by atoms with Crippen molar-refractivity contribution in [3.8, 4) is 5.75 Å². The number of aromatic nitrogens is 1. The predicted molar refractivity (Wildman–Crippen MR) is 84.3 cm³/mol. The number of hydrogen-bond acceptors (Lipinski definition) is 5. The van der Waals surface area contributed by atoms with Crippen LogP contribution in [0.25, 0.3) is 0 Å². The molecule has 0 bridgehead atoms. The van der Waals surface area contributed by atoms with Crippen LogP contribution in [-0.4, -0.2) is 24.2 Å². The molecule has 0 amide bonds. The zero-order valence-corrected chi connectivity index (χ0v) is 13.4. The molecule has 0 atom stereocenters. The molecule has 5 nitrogen and oxygen atoms in total. The zero-order valence-electron chi connectivity index (χ0n) is 13.4. The summed E-state index contributed by atoms with van der Waals surface area (Å²) in [5, 5.41) is 3.81. The van der Waals surface area contributed by atoms with Crippen molar-refractivity contribution in [1.29, 1.82) is 0 Å². The molecule has 128 valence electrons. The fourth-order valence-electron chi connectivity index (χ4n) is 2.72. The topological polar surface area (TPSA) is 61.6 Å². The third kappa shape index (κ3) is 4.64. The molecule has 1 fully saturated rings. The number of carbonyl (C=O) groups excluding carboxylic acids is 1. The summed E-state index contributed by atoms with van der Waals surface area (Å²) >= 11 is 0.